The lowest BCUT2D eigenvalue weighted by Gasteiger charge is -2.19. The van der Waals surface area contributed by atoms with Gasteiger partial charge in [-0.2, -0.15) is 0 Å². The van der Waals surface area contributed by atoms with Gasteiger partial charge in [0.05, 0.1) is 12.7 Å². The van der Waals surface area contributed by atoms with Crippen LogP contribution in [-0.4, -0.2) is 12.7 Å². The monoisotopic (exact) mass is 252 g/mol. The topological polar surface area (TPSA) is 9.23 Å². The molecular weight excluding hydrogens is 220 g/mol. The molecule has 0 radical (unpaired) electrons. The average molecular weight is 252 g/mol. The molecule has 0 aromatic heterocycles. The van der Waals surface area contributed by atoms with E-state index in [9.17, 15) is 0 Å². The van der Waals surface area contributed by atoms with Crippen molar-refractivity contribution in [1.82, 2.24) is 0 Å². The molecule has 0 N–H and O–H groups in total. The van der Waals surface area contributed by atoms with Crippen LogP contribution >= 0.6 is 0 Å². The Morgan fingerprint density at radius 1 is 1.17 bits per heavy atom. The second-order valence-corrected chi connectivity index (χ2v) is 6.07. The van der Waals surface area contributed by atoms with Crippen molar-refractivity contribution in [2.24, 2.45) is 5.92 Å². The molecule has 1 rings (SSSR count). The molecule has 1 saturated heterocycles. The van der Waals surface area contributed by atoms with Crippen LogP contribution in [0.1, 0.15) is 79.1 Å². The number of ether oxygens (including phenoxy) is 1. The summed E-state index contributed by atoms with van der Waals surface area (Å²) in [7, 11) is 0. The predicted molar refractivity (Wildman–Crippen MR) is 79.9 cm³/mol. The van der Waals surface area contributed by atoms with Crippen LogP contribution in [0.25, 0.3) is 0 Å². The molecule has 106 valence electrons. The highest BCUT2D eigenvalue weighted by atomic mass is 16.5. The normalized spacial score (nSPS) is 19.8. The minimum Gasteiger partial charge on any atom is -0.374 e. The van der Waals surface area contributed by atoms with Crippen LogP contribution in [0.15, 0.2) is 11.1 Å². The van der Waals surface area contributed by atoms with Gasteiger partial charge in [0.25, 0.3) is 0 Å². The molecule has 0 spiro atoms. The Balaban J connectivity index is 2.71. The second-order valence-electron chi connectivity index (χ2n) is 6.07. The first kappa shape index (κ1) is 15.8. The first-order valence-electron chi connectivity index (χ1n) is 8.01. The molecule has 1 aliphatic rings. The van der Waals surface area contributed by atoms with E-state index in [4.69, 9.17) is 4.74 Å². The Morgan fingerprint density at radius 2 is 1.78 bits per heavy atom. The van der Waals surface area contributed by atoms with Gasteiger partial charge in [0.1, 0.15) is 0 Å². The van der Waals surface area contributed by atoms with Crippen molar-refractivity contribution >= 4 is 0 Å². The van der Waals surface area contributed by atoms with E-state index in [0.717, 1.165) is 12.5 Å². The highest BCUT2D eigenvalue weighted by Crippen LogP contribution is 2.32. The molecule has 1 aliphatic heterocycles. The van der Waals surface area contributed by atoms with Crippen LogP contribution in [-0.2, 0) is 4.74 Å². The molecule has 1 atom stereocenters. The standard InChI is InChI=1S/C17H32O/c1-5-7-9-15(10-8-6-2)16-11-12-18-17(16)13-14(3)4/h14,17H,5-13H2,1-4H3. The van der Waals surface area contributed by atoms with Crippen LogP contribution in [0.5, 0.6) is 0 Å². The van der Waals surface area contributed by atoms with Crippen molar-refractivity contribution in [3.8, 4) is 0 Å². The molecule has 0 saturated carbocycles. The van der Waals surface area contributed by atoms with E-state index in [2.05, 4.69) is 27.7 Å². The summed E-state index contributed by atoms with van der Waals surface area (Å²) in [4.78, 5) is 0. The second kappa shape index (κ2) is 8.74. The third-order valence-corrected chi connectivity index (χ3v) is 3.88. The van der Waals surface area contributed by atoms with Gasteiger partial charge in [-0.1, -0.05) is 46.1 Å². The van der Waals surface area contributed by atoms with E-state index in [0.29, 0.717) is 6.10 Å². The lowest BCUT2D eigenvalue weighted by Crippen LogP contribution is -2.13. The number of allylic oxidation sites excluding steroid dienone is 1. The number of unbranched alkanes of at least 4 members (excludes halogenated alkanes) is 2. The van der Waals surface area contributed by atoms with Crippen molar-refractivity contribution in [2.45, 2.75) is 85.2 Å². The lowest BCUT2D eigenvalue weighted by molar-refractivity contribution is 0.107. The third-order valence-electron chi connectivity index (χ3n) is 3.88. The highest BCUT2D eigenvalue weighted by Gasteiger charge is 2.25. The molecular formula is C17H32O. The number of rotatable bonds is 8. The molecule has 0 aromatic rings. The SMILES string of the molecule is CCCCC(CCCC)=C1CCOC1CC(C)C. The Kier molecular flexibility index (Phi) is 7.65. The summed E-state index contributed by atoms with van der Waals surface area (Å²) in [6.07, 6.45) is 10.8. The van der Waals surface area contributed by atoms with Crippen molar-refractivity contribution in [3.63, 3.8) is 0 Å². The molecule has 0 aliphatic carbocycles. The highest BCUT2D eigenvalue weighted by molar-refractivity contribution is 5.21. The van der Waals surface area contributed by atoms with E-state index in [1.54, 1.807) is 11.1 Å². The van der Waals surface area contributed by atoms with Gasteiger partial charge in [0.15, 0.2) is 0 Å². The van der Waals surface area contributed by atoms with Gasteiger partial charge in [-0.25, -0.2) is 0 Å². The summed E-state index contributed by atoms with van der Waals surface area (Å²) >= 11 is 0. The zero-order valence-corrected chi connectivity index (χ0v) is 12.9. The Hall–Kier alpha value is -0.300. The smallest absolute Gasteiger partial charge is 0.0791 e. The quantitative estimate of drug-likeness (QED) is 0.518. The largest absolute Gasteiger partial charge is 0.374 e. The van der Waals surface area contributed by atoms with Crippen LogP contribution in [0, 0.1) is 5.92 Å². The minimum absolute atomic E-state index is 0.439. The first-order valence-corrected chi connectivity index (χ1v) is 8.01. The molecule has 1 unspecified atom stereocenters. The molecule has 1 fully saturated rings. The average Bonchev–Trinajstić information content (AvgIpc) is 2.77. The van der Waals surface area contributed by atoms with E-state index < -0.39 is 0 Å². The summed E-state index contributed by atoms with van der Waals surface area (Å²) in [6, 6.07) is 0. The summed E-state index contributed by atoms with van der Waals surface area (Å²) in [5.41, 5.74) is 3.41. The van der Waals surface area contributed by atoms with E-state index in [1.165, 1.54) is 51.4 Å². The zero-order chi connectivity index (χ0) is 13.4. The number of hydrogen-bond donors (Lipinski definition) is 0. The molecule has 1 heteroatoms. The maximum atomic E-state index is 5.96. The van der Waals surface area contributed by atoms with Crippen molar-refractivity contribution in [2.75, 3.05) is 6.61 Å². The Bertz CT molecular complexity index is 242. The van der Waals surface area contributed by atoms with Crippen LogP contribution in [0.2, 0.25) is 0 Å². The van der Waals surface area contributed by atoms with Crippen molar-refractivity contribution < 1.29 is 4.74 Å². The summed E-state index contributed by atoms with van der Waals surface area (Å²) in [6.45, 7) is 10.1. The maximum absolute atomic E-state index is 5.96. The summed E-state index contributed by atoms with van der Waals surface area (Å²) in [5.74, 6) is 0.738. The Labute approximate surface area is 114 Å². The van der Waals surface area contributed by atoms with Crippen molar-refractivity contribution in [1.29, 1.82) is 0 Å². The molecule has 18 heavy (non-hydrogen) atoms. The fourth-order valence-electron chi connectivity index (χ4n) is 2.84. The van der Waals surface area contributed by atoms with E-state index in [1.807, 2.05) is 0 Å². The maximum Gasteiger partial charge on any atom is 0.0791 e. The molecule has 1 nitrogen and oxygen atoms in total. The first-order chi connectivity index (χ1) is 8.69. The molecule has 1 heterocycles. The zero-order valence-electron chi connectivity index (χ0n) is 12.9. The fourth-order valence-corrected chi connectivity index (χ4v) is 2.84. The lowest BCUT2D eigenvalue weighted by atomic mass is 9.90. The van der Waals surface area contributed by atoms with Crippen LogP contribution in [0.3, 0.4) is 0 Å². The molecule has 0 bridgehead atoms. The van der Waals surface area contributed by atoms with Gasteiger partial charge in [-0.3, -0.25) is 0 Å². The van der Waals surface area contributed by atoms with Crippen LogP contribution in [0.4, 0.5) is 0 Å². The third kappa shape index (κ3) is 5.14. The minimum atomic E-state index is 0.439. The fraction of sp³-hybridized carbons (Fsp3) is 0.882. The van der Waals surface area contributed by atoms with Crippen LogP contribution < -0.4 is 0 Å². The van der Waals surface area contributed by atoms with Gasteiger partial charge in [0.2, 0.25) is 0 Å². The predicted octanol–water partition coefficient (Wildman–Crippen LogP) is 5.50. The summed E-state index contributed by atoms with van der Waals surface area (Å²) in [5, 5.41) is 0. The van der Waals surface area contributed by atoms with E-state index >= 15 is 0 Å². The Morgan fingerprint density at radius 3 is 2.28 bits per heavy atom. The molecule has 0 amide bonds. The summed E-state index contributed by atoms with van der Waals surface area (Å²) < 4.78 is 5.96. The number of hydrogen-bond acceptors (Lipinski definition) is 1. The van der Waals surface area contributed by atoms with Gasteiger partial charge in [0, 0.05) is 0 Å². The van der Waals surface area contributed by atoms with Crippen molar-refractivity contribution in [3.05, 3.63) is 11.1 Å². The van der Waals surface area contributed by atoms with Gasteiger partial charge < -0.3 is 4.74 Å². The van der Waals surface area contributed by atoms with Gasteiger partial charge in [-0.15, -0.1) is 0 Å². The van der Waals surface area contributed by atoms with Gasteiger partial charge >= 0.3 is 0 Å². The molecule has 0 aromatic carbocycles. The van der Waals surface area contributed by atoms with Gasteiger partial charge in [-0.05, 0) is 50.0 Å². The van der Waals surface area contributed by atoms with E-state index in [-0.39, 0.29) is 0 Å².